The molecule has 6 nitrogen and oxygen atoms in total. The van der Waals surface area contributed by atoms with E-state index in [4.69, 9.17) is 10.5 Å². The molecule has 0 saturated carbocycles. The van der Waals surface area contributed by atoms with Crippen molar-refractivity contribution in [3.05, 3.63) is 0 Å². The first-order valence-electron chi connectivity index (χ1n) is 5.94. The maximum Gasteiger partial charge on any atom is 0.312 e. The first-order chi connectivity index (χ1) is 8.45. The van der Waals surface area contributed by atoms with Gasteiger partial charge in [0.05, 0.1) is 30.3 Å². The van der Waals surface area contributed by atoms with Crippen LogP contribution in [0.5, 0.6) is 0 Å². The Morgan fingerprint density at radius 1 is 1.56 bits per heavy atom. The van der Waals surface area contributed by atoms with Crippen molar-refractivity contribution in [2.45, 2.75) is 32.4 Å². The van der Waals surface area contributed by atoms with Gasteiger partial charge in [0, 0.05) is 6.54 Å². The number of ether oxygens (including phenoxy) is 1. The van der Waals surface area contributed by atoms with Gasteiger partial charge >= 0.3 is 11.8 Å². The highest BCUT2D eigenvalue weighted by Gasteiger charge is 2.32. The number of carbonyl (C=O) groups excluding carboxylic acids is 2. The van der Waals surface area contributed by atoms with Crippen LogP contribution in [0, 0.1) is 0 Å². The van der Waals surface area contributed by atoms with E-state index in [-0.39, 0.29) is 23.7 Å². The van der Waals surface area contributed by atoms with Gasteiger partial charge in [0.15, 0.2) is 0 Å². The molecule has 1 saturated heterocycles. The molecule has 0 spiro atoms. The lowest BCUT2D eigenvalue weighted by molar-refractivity contribution is -0.154. The summed E-state index contributed by atoms with van der Waals surface area (Å²) in [7, 11) is 0. The van der Waals surface area contributed by atoms with E-state index in [2.05, 4.69) is 17.5 Å². The topological polar surface area (TPSA) is 84.7 Å². The maximum atomic E-state index is 12.0. The summed E-state index contributed by atoms with van der Waals surface area (Å²) in [4.78, 5) is 25.4. The van der Waals surface area contributed by atoms with Crippen LogP contribution < -0.4 is 11.1 Å². The molecule has 1 rings (SSSR count). The van der Waals surface area contributed by atoms with Gasteiger partial charge in [0.2, 0.25) is 0 Å². The number of amides is 2. The minimum atomic E-state index is -0.671. The SMILES string of the molecule is CCC1COC(C)CN1C(=O)C(=O)NCC(N)=S. The zero-order valence-electron chi connectivity index (χ0n) is 10.6. The van der Waals surface area contributed by atoms with E-state index >= 15 is 0 Å². The lowest BCUT2D eigenvalue weighted by Crippen LogP contribution is -2.55. The Hall–Kier alpha value is -1.21. The van der Waals surface area contributed by atoms with Crippen LogP contribution in [0.4, 0.5) is 0 Å². The third-order valence-corrected chi connectivity index (χ3v) is 2.96. The average molecular weight is 273 g/mol. The van der Waals surface area contributed by atoms with Crippen molar-refractivity contribution < 1.29 is 14.3 Å². The monoisotopic (exact) mass is 273 g/mol. The van der Waals surface area contributed by atoms with Gasteiger partial charge < -0.3 is 20.7 Å². The van der Waals surface area contributed by atoms with Crippen molar-refractivity contribution in [3.63, 3.8) is 0 Å². The lowest BCUT2D eigenvalue weighted by atomic mass is 10.1. The quantitative estimate of drug-likeness (QED) is 0.530. The van der Waals surface area contributed by atoms with E-state index < -0.39 is 11.8 Å². The molecule has 102 valence electrons. The number of rotatable bonds is 3. The van der Waals surface area contributed by atoms with E-state index in [0.29, 0.717) is 13.2 Å². The number of morpholine rings is 1. The largest absolute Gasteiger partial charge is 0.392 e. The predicted molar refractivity (Wildman–Crippen MR) is 71.0 cm³/mol. The van der Waals surface area contributed by atoms with Crippen LogP contribution in [0.2, 0.25) is 0 Å². The summed E-state index contributed by atoms with van der Waals surface area (Å²) in [5.41, 5.74) is 5.27. The minimum absolute atomic E-state index is 0.0383. The Kier molecular flexibility index (Phi) is 5.49. The molecule has 3 N–H and O–H groups in total. The van der Waals surface area contributed by atoms with E-state index in [1.165, 1.54) is 0 Å². The summed E-state index contributed by atoms with van der Waals surface area (Å²) < 4.78 is 5.47. The van der Waals surface area contributed by atoms with Crippen LogP contribution in [0.3, 0.4) is 0 Å². The van der Waals surface area contributed by atoms with Gasteiger partial charge in [-0.2, -0.15) is 0 Å². The van der Waals surface area contributed by atoms with Gasteiger partial charge in [0.1, 0.15) is 0 Å². The Morgan fingerprint density at radius 2 is 2.22 bits per heavy atom. The third-order valence-electron chi connectivity index (χ3n) is 2.82. The first kappa shape index (κ1) is 14.8. The second kappa shape index (κ2) is 6.65. The molecule has 0 aliphatic carbocycles. The summed E-state index contributed by atoms with van der Waals surface area (Å²) in [5, 5.41) is 2.40. The molecule has 7 heteroatoms. The zero-order valence-corrected chi connectivity index (χ0v) is 11.5. The molecular formula is C11H19N3O3S. The molecule has 0 radical (unpaired) electrons. The average Bonchev–Trinajstić information content (AvgIpc) is 2.34. The summed E-state index contributed by atoms with van der Waals surface area (Å²) in [6, 6.07) is -0.0516. The van der Waals surface area contributed by atoms with Crippen molar-refractivity contribution in [3.8, 4) is 0 Å². The molecule has 1 aliphatic rings. The molecule has 1 heterocycles. The number of nitrogens with two attached hydrogens (primary N) is 1. The number of thiocarbonyl (C=S) groups is 1. The molecule has 18 heavy (non-hydrogen) atoms. The Bertz CT molecular complexity index is 348. The molecule has 0 aromatic heterocycles. The highest BCUT2D eigenvalue weighted by Crippen LogP contribution is 2.14. The van der Waals surface area contributed by atoms with Crippen molar-refractivity contribution >= 4 is 29.0 Å². The summed E-state index contributed by atoms with van der Waals surface area (Å²) in [6.45, 7) is 4.76. The number of hydrogen-bond donors (Lipinski definition) is 2. The van der Waals surface area contributed by atoms with Gasteiger partial charge in [-0.1, -0.05) is 19.1 Å². The van der Waals surface area contributed by atoms with E-state index in [9.17, 15) is 9.59 Å². The first-order valence-corrected chi connectivity index (χ1v) is 6.35. The van der Waals surface area contributed by atoms with E-state index in [1.807, 2.05) is 13.8 Å². The molecule has 1 aliphatic heterocycles. The number of nitrogens with one attached hydrogen (secondary N) is 1. The molecule has 0 aromatic rings. The normalized spacial score (nSPS) is 23.6. The van der Waals surface area contributed by atoms with Gasteiger partial charge in [-0.15, -0.1) is 0 Å². The zero-order chi connectivity index (χ0) is 13.7. The van der Waals surface area contributed by atoms with Crippen LogP contribution in [0.1, 0.15) is 20.3 Å². The molecular weight excluding hydrogens is 254 g/mol. The summed E-state index contributed by atoms with van der Waals surface area (Å²) >= 11 is 4.64. The molecule has 1 fully saturated rings. The van der Waals surface area contributed by atoms with Gasteiger partial charge in [0.25, 0.3) is 0 Å². The molecule has 2 atom stereocenters. The number of hydrogen-bond acceptors (Lipinski definition) is 4. The molecule has 0 bridgehead atoms. The molecule has 2 amide bonds. The van der Waals surface area contributed by atoms with Crippen LogP contribution in [0.25, 0.3) is 0 Å². The summed E-state index contributed by atoms with van der Waals surface area (Å²) in [6.07, 6.45) is 0.696. The third kappa shape index (κ3) is 3.92. The van der Waals surface area contributed by atoms with E-state index in [0.717, 1.165) is 6.42 Å². The van der Waals surface area contributed by atoms with Gasteiger partial charge in [-0.25, -0.2) is 0 Å². The van der Waals surface area contributed by atoms with Crippen molar-refractivity contribution in [1.29, 1.82) is 0 Å². The van der Waals surface area contributed by atoms with E-state index in [1.54, 1.807) is 4.90 Å². The van der Waals surface area contributed by atoms with Gasteiger partial charge in [-0.3, -0.25) is 9.59 Å². The van der Waals surface area contributed by atoms with Crippen LogP contribution in [-0.2, 0) is 14.3 Å². The maximum absolute atomic E-state index is 12.0. The summed E-state index contributed by atoms with van der Waals surface area (Å²) in [5.74, 6) is -1.22. The Morgan fingerprint density at radius 3 is 2.78 bits per heavy atom. The molecule has 0 aromatic carbocycles. The smallest absolute Gasteiger partial charge is 0.312 e. The number of carbonyl (C=O) groups is 2. The predicted octanol–water partition coefficient (Wildman–Crippen LogP) is -0.585. The van der Waals surface area contributed by atoms with Crippen LogP contribution in [0.15, 0.2) is 0 Å². The van der Waals surface area contributed by atoms with Crippen molar-refractivity contribution in [2.75, 3.05) is 19.7 Å². The Balaban J connectivity index is 2.61. The van der Waals surface area contributed by atoms with Crippen LogP contribution >= 0.6 is 12.2 Å². The van der Waals surface area contributed by atoms with Crippen LogP contribution in [-0.4, -0.2) is 53.5 Å². The standard InChI is InChI=1S/C11H19N3O3S/c1-3-8-6-17-7(2)5-14(8)11(16)10(15)13-4-9(12)18/h7-8H,3-6H2,1-2H3,(H2,12,18)(H,13,15). The fraction of sp³-hybridized carbons (Fsp3) is 0.727. The number of nitrogens with zero attached hydrogens (tertiary/aromatic N) is 1. The fourth-order valence-electron chi connectivity index (χ4n) is 1.80. The van der Waals surface area contributed by atoms with Crippen molar-refractivity contribution in [1.82, 2.24) is 10.2 Å². The minimum Gasteiger partial charge on any atom is -0.392 e. The second-order valence-electron chi connectivity index (χ2n) is 4.31. The Labute approximate surface area is 112 Å². The second-order valence-corrected chi connectivity index (χ2v) is 4.84. The van der Waals surface area contributed by atoms with Gasteiger partial charge in [-0.05, 0) is 13.3 Å². The highest BCUT2D eigenvalue weighted by atomic mass is 32.1. The van der Waals surface area contributed by atoms with Crippen molar-refractivity contribution in [2.24, 2.45) is 5.73 Å². The molecule has 2 unspecified atom stereocenters. The highest BCUT2D eigenvalue weighted by molar-refractivity contribution is 7.80. The fourth-order valence-corrected chi connectivity index (χ4v) is 1.88. The lowest BCUT2D eigenvalue weighted by Gasteiger charge is -2.37.